The molecule has 0 radical (unpaired) electrons. The molecule has 1 fully saturated rings. The number of anilines is 1. The first-order chi connectivity index (χ1) is 16.5. The first kappa shape index (κ1) is 22.3. The van der Waals surface area contributed by atoms with E-state index in [9.17, 15) is 4.79 Å². The lowest BCUT2D eigenvalue weighted by Gasteiger charge is -2.32. The molecule has 0 saturated carbocycles. The molecule has 1 amide bonds. The number of aromatic nitrogens is 1. The number of H-pyrrole nitrogens is 1. The van der Waals surface area contributed by atoms with Crippen LogP contribution in [-0.4, -0.2) is 24.0 Å². The summed E-state index contributed by atoms with van der Waals surface area (Å²) in [5, 5.41) is 4.46. The highest BCUT2D eigenvalue weighted by molar-refractivity contribution is 5.86. The third kappa shape index (κ3) is 4.60. The van der Waals surface area contributed by atoms with E-state index in [4.69, 9.17) is 4.42 Å². The van der Waals surface area contributed by atoms with E-state index in [2.05, 4.69) is 53.3 Å². The van der Waals surface area contributed by atoms with Crippen molar-refractivity contribution < 1.29 is 9.21 Å². The maximum Gasteiger partial charge on any atom is 0.225 e. The van der Waals surface area contributed by atoms with Gasteiger partial charge in [-0.2, -0.15) is 0 Å². The van der Waals surface area contributed by atoms with E-state index < -0.39 is 0 Å². The van der Waals surface area contributed by atoms with Crippen molar-refractivity contribution in [1.82, 2.24) is 10.3 Å². The lowest BCUT2D eigenvalue weighted by atomic mass is 9.97. The molecule has 5 nitrogen and oxygen atoms in total. The molecule has 1 unspecified atom stereocenters. The van der Waals surface area contributed by atoms with Crippen LogP contribution in [-0.2, 0) is 11.2 Å². The SMILES string of the molecule is Cc1ccc(C(NC(=O)Cc2ccc3[nH]cc(C)c3c2)c2ccc(C)o2)c(N2CCCCC2)c1. The predicted molar refractivity (Wildman–Crippen MR) is 137 cm³/mol. The maximum absolute atomic E-state index is 13.3. The van der Waals surface area contributed by atoms with Gasteiger partial charge >= 0.3 is 0 Å². The second kappa shape index (κ2) is 9.41. The van der Waals surface area contributed by atoms with Gasteiger partial charge in [0.1, 0.15) is 17.6 Å². The summed E-state index contributed by atoms with van der Waals surface area (Å²) in [5.41, 5.74) is 6.79. The van der Waals surface area contributed by atoms with Crippen LogP contribution < -0.4 is 10.2 Å². The first-order valence-corrected chi connectivity index (χ1v) is 12.3. The number of rotatable bonds is 6. The van der Waals surface area contributed by atoms with E-state index in [1.165, 1.54) is 36.1 Å². The molecule has 0 spiro atoms. The fraction of sp³-hybridized carbons (Fsp3) is 0.345. The van der Waals surface area contributed by atoms with Crippen LogP contribution in [0.5, 0.6) is 0 Å². The Bertz CT molecular complexity index is 1310. The Hall–Kier alpha value is -3.47. The number of hydrogen-bond acceptors (Lipinski definition) is 3. The summed E-state index contributed by atoms with van der Waals surface area (Å²) in [6, 6.07) is 16.3. The van der Waals surface area contributed by atoms with Gasteiger partial charge in [0.2, 0.25) is 5.91 Å². The fourth-order valence-electron chi connectivity index (χ4n) is 5.03. The number of benzene rings is 2. The Morgan fingerprint density at radius 1 is 1.03 bits per heavy atom. The number of piperidine rings is 1. The summed E-state index contributed by atoms with van der Waals surface area (Å²) in [5.74, 6) is 1.59. The minimum Gasteiger partial charge on any atom is -0.464 e. The minimum absolute atomic E-state index is 0.0169. The number of amides is 1. The number of carbonyl (C=O) groups is 1. The largest absolute Gasteiger partial charge is 0.464 e. The van der Waals surface area contributed by atoms with Crippen LogP contribution >= 0.6 is 0 Å². The summed E-state index contributed by atoms with van der Waals surface area (Å²) in [6.07, 6.45) is 6.00. The Morgan fingerprint density at radius 2 is 1.85 bits per heavy atom. The topological polar surface area (TPSA) is 61.3 Å². The molecule has 34 heavy (non-hydrogen) atoms. The Balaban J connectivity index is 1.46. The van der Waals surface area contributed by atoms with Crippen LogP contribution in [0.3, 0.4) is 0 Å². The Labute approximate surface area is 201 Å². The van der Waals surface area contributed by atoms with Crippen LogP contribution in [0.15, 0.2) is 59.1 Å². The fourth-order valence-corrected chi connectivity index (χ4v) is 5.03. The number of aryl methyl sites for hydroxylation is 3. The summed E-state index contributed by atoms with van der Waals surface area (Å²) in [7, 11) is 0. The number of furan rings is 1. The smallest absolute Gasteiger partial charge is 0.225 e. The quantitative estimate of drug-likeness (QED) is 0.368. The van der Waals surface area contributed by atoms with Crippen molar-refractivity contribution in [2.24, 2.45) is 0 Å². The van der Waals surface area contributed by atoms with Gasteiger partial charge in [0.25, 0.3) is 0 Å². The van der Waals surface area contributed by atoms with E-state index in [-0.39, 0.29) is 11.9 Å². The molecule has 2 N–H and O–H groups in total. The second-order valence-electron chi connectivity index (χ2n) is 9.59. The molecule has 1 atom stereocenters. The molecule has 1 saturated heterocycles. The molecule has 0 bridgehead atoms. The van der Waals surface area contributed by atoms with Crippen LogP contribution in [0, 0.1) is 20.8 Å². The molecule has 1 aliphatic rings. The maximum atomic E-state index is 13.3. The highest BCUT2D eigenvalue weighted by Crippen LogP contribution is 2.34. The van der Waals surface area contributed by atoms with Crippen molar-refractivity contribution in [2.45, 2.75) is 52.5 Å². The zero-order chi connectivity index (χ0) is 23.7. The average Bonchev–Trinajstić information content (AvgIpc) is 3.44. The van der Waals surface area contributed by atoms with Gasteiger partial charge in [-0.25, -0.2) is 0 Å². The van der Waals surface area contributed by atoms with Gasteiger partial charge in [0.15, 0.2) is 0 Å². The minimum atomic E-state index is -0.337. The molecule has 2 aromatic heterocycles. The first-order valence-electron chi connectivity index (χ1n) is 12.3. The molecule has 5 rings (SSSR count). The number of nitrogens with zero attached hydrogens (tertiary/aromatic N) is 1. The molecule has 2 aromatic carbocycles. The van der Waals surface area contributed by atoms with Crippen molar-refractivity contribution in [3.05, 3.63) is 88.5 Å². The van der Waals surface area contributed by atoms with Crippen LogP contribution in [0.1, 0.15) is 59.1 Å². The lowest BCUT2D eigenvalue weighted by Crippen LogP contribution is -2.34. The average molecular weight is 456 g/mol. The zero-order valence-electron chi connectivity index (χ0n) is 20.3. The van der Waals surface area contributed by atoms with Crippen molar-refractivity contribution in [3.63, 3.8) is 0 Å². The van der Waals surface area contributed by atoms with E-state index in [0.29, 0.717) is 6.42 Å². The highest BCUT2D eigenvalue weighted by Gasteiger charge is 2.26. The van der Waals surface area contributed by atoms with E-state index >= 15 is 0 Å². The van der Waals surface area contributed by atoms with Gasteiger partial charge in [-0.1, -0.05) is 18.2 Å². The molecule has 176 valence electrons. The Morgan fingerprint density at radius 3 is 2.62 bits per heavy atom. The van der Waals surface area contributed by atoms with Crippen molar-refractivity contribution in [3.8, 4) is 0 Å². The number of hydrogen-bond donors (Lipinski definition) is 2. The molecule has 5 heteroatoms. The monoisotopic (exact) mass is 455 g/mol. The van der Waals surface area contributed by atoms with E-state index in [1.807, 2.05) is 37.4 Å². The van der Waals surface area contributed by atoms with Crippen LogP contribution in [0.4, 0.5) is 5.69 Å². The van der Waals surface area contributed by atoms with Crippen LogP contribution in [0.2, 0.25) is 0 Å². The van der Waals surface area contributed by atoms with Crippen LogP contribution in [0.25, 0.3) is 10.9 Å². The van der Waals surface area contributed by atoms with Gasteiger partial charge in [-0.05, 0) is 87.1 Å². The number of nitrogens with one attached hydrogen (secondary N) is 2. The highest BCUT2D eigenvalue weighted by atomic mass is 16.3. The number of fused-ring (bicyclic) bond motifs is 1. The third-order valence-corrected chi connectivity index (χ3v) is 6.86. The summed E-state index contributed by atoms with van der Waals surface area (Å²) >= 11 is 0. The molecular formula is C29H33N3O2. The van der Waals surface area contributed by atoms with Gasteiger partial charge in [0.05, 0.1) is 6.42 Å². The predicted octanol–water partition coefficient (Wildman–Crippen LogP) is 6.12. The van der Waals surface area contributed by atoms with E-state index in [1.54, 1.807) is 0 Å². The molecule has 3 heterocycles. The summed E-state index contributed by atoms with van der Waals surface area (Å²) in [4.78, 5) is 19.0. The number of carbonyl (C=O) groups excluding carboxylic acids is 1. The Kier molecular flexibility index (Phi) is 6.18. The van der Waals surface area contributed by atoms with Crippen molar-refractivity contribution in [1.29, 1.82) is 0 Å². The standard InChI is InChI=1S/C29H33N3O2/c1-19-7-10-23(26(15-19)32-13-5-4-6-14-32)29(27-12-8-21(3)34-27)31-28(33)17-22-9-11-25-24(16-22)20(2)18-30-25/h7-12,15-16,18,29-30H,4-6,13-14,17H2,1-3H3,(H,31,33). The summed E-state index contributed by atoms with van der Waals surface area (Å²) < 4.78 is 6.05. The molecule has 1 aliphatic heterocycles. The summed E-state index contributed by atoms with van der Waals surface area (Å²) in [6.45, 7) is 8.24. The van der Waals surface area contributed by atoms with E-state index in [0.717, 1.165) is 46.6 Å². The third-order valence-electron chi connectivity index (χ3n) is 6.86. The molecule has 4 aromatic rings. The number of aromatic amines is 1. The second-order valence-corrected chi connectivity index (χ2v) is 9.59. The lowest BCUT2D eigenvalue weighted by molar-refractivity contribution is -0.121. The molecular weight excluding hydrogens is 422 g/mol. The van der Waals surface area contributed by atoms with Crippen molar-refractivity contribution >= 4 is 22.5 Å². The van der Waals surface area contributed by atoms with Gasteiger partial charge in [-0.15, -0.1) is 0 Å². The normalized spacial score (nSPS) is 15.0. The van der Waals surface area contributed by atoms with Crippen molar-refractivity contribution in [2.75, 3.05) is 18.0 Å². The zero-order valence-corrected chi connectivity index (χ0v) is 20.3. The van der Waals surface area contributed by atoms with Gasteiger partial charge < -0.3 is 19.6 Å². The van der Waals surface area contributed by atoms with Gasteiger partial charge in [-0.3, -0.25) is 4.79 Å². The van der Waals surface area contributed by atoms with Gasteiger partial charge in [0, 0.05) is 41.4 Å². The molecule has 0 aliphatic carbocycles.